The lowest BCUT2D eigenvalue weighted by molar-refractivity contribution is -0.139. The molecule has 0 radical (unpaired) electrons. The summed E-state index contributed by atoms with van der Waals surface area (Å²) in [7, 11) is 0. The molecule has 0 bridgehead atoms. The number of aliphatic hydroxyl groups excluding tert-OH is 1. The molecule has 0 saturated carbocycles. The lowest BCUT2D eigenvalue weighted by Crippen LogP contribution is -2.31. The van der Waals surface area contributed by atoms with Gasteiger partial charge >= 0.3 is 0 Å². The summed E-state index contributed by atoms with van der Waals surface area (Å²) >= 11 is 0. The molecule has 0 unspecified atom stereocenters. The normalized spacial score (nSPS) is 19.7. The predicted molar refractivity (Wildman–Crippen MR) is 145 cm³/mol. The number of benzene rings is 2. The Bertz CT molecular complexity index is 1400. The van der Waals surface area contributed by atoms with E-state index < -0.39 is 17.7 Å². The maximum atomic E-state index is 13.5. The maximum Gasteiger partial charge on any atom is 0.295 e. The quantitative estimate of drug-likeness (QED) is 0.233. The molecule has 2 aromatic carbocycles. The summed E-state index contributed by atoms with van der Waals surface area (Å²) in [6.07, 6.45) is 6.61. The molecule has 0 spiro atoms. The lowest BCUT2D eigenvalue weighted by atomic mass is 9.94. The zero-order chi connectivity index (χ0) is 27.5. The number of aliphatic hydroxyl groups is 1. The Balaban J connectivity index is 1.57. The Morgan fingerprint density at radius 2 is 1.87 bits per heavy atom. The van der Waals surface area contributed by atoms with Crippen LogP contribution in [0.15, 0.2) is 60.7 Å². The summed E-state index contributed by atoms with van der Waals surface area (Å²) in [6, 6.07) is 9.96. The second-order valence-electron chi connectivity index (χ2n) is 9.67. The van der Waals surface area contributed by atoms with Crippen molar-refractivity contribution in [2.24, 2.45) is 0 Å². The summed E-state index contributed by atoms with van der Waals surface area (Å²) in [6.45, 7) is 7.58. The topological polar surface area (TPSA) is 103 Å². The molecular formula is C30H33N3O6. The smallest absolute Gasteiger partial charge is 0.295 e. The van der Waals surface area contributed by atoms with Gasteiger partial charge in [-0.05, 0) is 68.7 Å². The van der Waals surface area contributed by atoms with E-state index >= 15 is 0 Å². The molecule has 1 amide bonds. The number of fused-ring (bicyclic) bond motifs is 1. The van der Waals surface area contributed by atoms with Gasteiger partial charge in [0.25, 0.3) is 11.7 Å². The van der Waals surface area contributed by atoms with Crippen molar-refractivity contribution in [2.45, 2.75) is 52.3 Å². The summed E-state index contributed by atoms with van der Waals surface area (Å²) in [5.41, 5.74) is 2.14. The van der Waals surface area contributed by atoms with Crippen LogP contribution in [0.3, 0.4) is 0 Å². The first-order valence-electron chi connectivity index (χ1n) is 13.3. The number of ether oxygens (including phenoxy) is 3. The molecule has 5 rings (SSSR count). The second kappa shape index (κ2) is 11.2. The van der Waals surface area contributed by atoms with Crippen molar-refractivity contribution in [3.8, 4) is 17.2 Å². The Hall–Kier alpha value is -4.27. The molecule has 0 aliphatic carbocycles. The van der Waals surface area contributed by atoms with Crippen LogP contribution >= 0.6 is 0 Å². The van der Waals surface area contributed by atoms with Gasteiger partial charge in [-0.25, -0.2) is 4.98 Å². The fraction of sp³-hybridized carbons (Fsp3) is 0.367. The average molecular weight is 532 g/mol. The van der Waals surface area contributed by atoms with E-state index in [1.54, 1.807) is 36.8 Å². The average Bonchev–Trinajstić information content (AvgIpc) is 3.63. The zero-order valence-electron chi connectivity index (χ0n) is 22.4. The van der Waals surface area contributed by atoms with Crippen LogP contribution in [0.5, 0.6) is 17.2 Å². The number of hydrogen-bond donors (Lipinski definition) is 1. The van der Waals surface area contributed by atoms with Gasteiger partial charge in [-0.1, -0.05) is 6.07 Å². The Morgan fingerprint density at radius 3 is 2.62 bits per heavy atom. The number of Topliss-reactive ketones (excluding diaryl/α,β-unsaturated/α-hetero) is 1. The van der Waals surface area contributed by atoms with Crippen LogP contribution < -0.4 is 14.2 Å². The van der Waals surface area contributed by atoms with Gasteiger partial charge in [0.05, 0.1) is 31.2 Å². The number of hydrogen-bond acceptors (Lipinski definition) is 7. The SMILES string of the molecule is CCOc1ccc([C@@H]2/C(=C(\O)c3ccc4c(c3)C[C@@H](C)O4)C(=O)C(=O)N2CCCn2ccnc2)cc1OCC. The van der Waals surface area contributed by atoms with Gasteiger partial charge in [0.15, 0.2) is 11.5 Å². The minimum absolute atomic E-state index is 0.0410. The van der Waals surface area contributed by atoms with Crippen LogP contribution in [-0.4, -0.2) is 57.1 Å². The van der Waals surface area contributed by atoms with Crippen molar-refractivity contribution in [3.63, 3.8) is 0 Å². The fourth-order valence-electron chi connectivity index (χ4n) is 5.26. The molecule has 9 nitrogen and oxygen atoms in total. The number of aryl methyl sites for hydroxylation is 1. The number of imidazole rings is 1. The monoisotopic (exact) mass is 531 g/mol. The molecule has 1 aromatic heterocycles. The highest BCUT2D eigenvalue weighted by Crippen LogP contribution is 2.43. The van der Waals surface area contributed by atoms with Gasteiger partial charge in [-0.2, -0.15) is 0 Å². The summed E-state index contributed by atoms with van der Waals surface area (Å²) in [4.78, 5) is 32.4. The summed E-state index contributed by atoms with van der Waals surface area (Å²) < 4.78 is 19.3. The van der Waals surface area contributed by atoms with Crippen LogP contribution in [0.2, 0.25) is 0 Å². The lowest BCUT2D eigenvalue weighted by Gasteiger charge is -2.26. The van der Waals surface area contributed by atoms with E-state index in [-0.39, 0.29) is 17.4 Å². The van der Waals surface area contributed by atoms with Gasteiger partial charge in [0.1, 0.15) is 17.6 Å². The summed E-state index contributed by atoms with van der Waals surface area (Å²) in [5.74, 6) is 0.305. The Kier molecular flexibility index (Phi) is 7.58. The third kappa shape index (κ3) is 5.21. The van der Waals surface area contributed by atoms with Crippen molar-refractivity contribution in [1.82, 2.24) is 14.5 Å². The molecule has 3 heterocycles. The van der Waals surface area contributed by atoms with Crippen molar-refractivity contribution >= 4 is 17.4 Å². The van der Waals surface area contributed by atoms with E-state index in [9.17, 15) is 14.7 Å². The molecule has 2 aliphatic heterocycles. The van der Waals surface area contributed by atoms with Crippen molar-refractivity contribution < 1.29 is 28.9 Å². The first-order chi connectivity index (χ1) is 18.9. The van der Waals surface area contributed by atoms with Crippen LogP contribution in [0, 0.1) is 0 Å². The molecule has 2 atom stereocenters. The predicted octanol–water partition coefficient (Wildman–Crippen LogP) is 4.52. The van der Waals surface area contributed by atoms with Crippen LogP contribution in [0.1, 0.15) is 49.9 Å². The van der Waals surface area contributed by atoms with E-state index in [0.29, 0.717) is 61.8 Å². The highest BCUT2D eigenvalue weighted by atomic mass is 16.5. The van der Waals surface area contributed by atoms with E-state index in [0.717, 1.165) is 11.3 Å². The molecule has 1 saturated heterocycles. The van der Waals surface area contributed by atoms with Crippen LogP contribution in [0.4, 0.5) is 0 Å². The van der Waals surface area contributed by atoms with Gasteiger partial charge in [-0.15, -0.1) is 0 Å². The summed E-state index contributed by atoms with van der Waals surface area (Å²) in [5, 5.41) is 11.5. The first kappa shape index (κ1) is 26.3. The van der Waals surface area contributed by atoms with Crippen LogP contribution in [0.25, 0.3) is 5.76 Å². The van der Waals surface area contributed by atoms with Crippen molar-refractivity contribution in [2.75, 3.05) is 19.8 Å². The second-order valence-corrected chi connectivity index (χ2v) is 9.67. The van der Waals surface area contributed by atoms with Gasteiger partial charge in [0, 0.05) is 37.5 Å². The minimum atomic E-state index is -0.786. The number of aromatic nitrogens is 2. The molecule has 1 fully saturated rings. The number of likely N-dealkylation sites (tertiary alicyclic amines) is 1. The first-order valence-corrected chi connectivity index (χ1v) is 13.3. The third-order valence-corrected chi connectivity index (χ3v) is 6.97. The highest BCUT2D eigenvalue weighted by molar-refractivity contribution is 6.46. The number of carbonyl (C=O) groups is 2. The standard InChI is InChI=1S/C30H33N3O6/c1-4-37-24-10-7-20(17-25(24)38-5-2)27-26(28(34)21-8-9-23-22(16-21)15-19(3)39-23)29(35)30(36)33(27)13-6-12-32-14-11-31-18-32/h7-11,14,16-19,27,34H,4-6,12-13,15H2,1-3H3/b28-26+/t19-,27-/m1/s1. The third-order valence-electron chi connectivity index (χ3n) is 6.97. The van der Waals surface area contributed by atoms with Crippen molar-refractivity contribution in [3.05, 3.63) is 77.4 Å². The number of amides is 1. The molecule has 39 heavy (non-hydrogen) atoms. The molecule has 9 heteroatoms. The minimum Gasteiger partial charge on any atom is -0.507 e. The molecule has 3 aromatic rings. The zero-order valence-corrected chi connectivity index (χ0v) is 22.4. The van der Waals surface area contributed by atoms with Crippen LogP contribution in [-0.2, 0) is 22.6 Å². The molecule has 204 valence electrons. The number of carbonyl (C=O) groups excluding carboxylic acids is 2. The maximum absolute atomic E-state index is 13.5. The fourth-order valence-corrected chi connectivity index (χ4v) is 5.26. The van der Waals surface area contributed by atoms with E-state index in [1.807, 2.05) is 43.7 Å². The van der Waals surface area contributed by atoms with E-state index in [1.165, 1.54) is 4.90 Å². The molecule has 1 N–H and O–H groups in total. The number of nitrogens with zero attached hydrogens (tertiary/aromatic N) is 3. The van der Waals surface area contributed by atoms with Gasteiger partial charge in [0.2, 0.25) is 0 Å². The number of rotatable bonds is 10. The number of ketones is 1. The molecular weight excluding hydrogens is 498 g/mol. The largest absolute Gasteiger partial charge is 0.507 e. The van der Waals surface area contributed by atoms with Gasteiger partial charge in [-0.3, -0.25) is 9.59 Å². The Morgan fingerprint density at radius 1 is 1.08 bits per heavy atom. The van der Waals surface area contributed by atoms with E-state index in [4.69, 9.17) is 14.2 Å². The molecule has 2 aliphatic rings. The van der Waals surface area contributed by atoms with Gasteiger partial charge < -0.3 is 28.8 Å². The van der Waals surface area contributed by atoms with E-state index in [2.05, 4.69) is 4.98 Å². The Labute approximate surface area is 227 Å². The highest BCUT2D eigenvalue weighted by Gasteiger charge is 2.46. The van der Waals surface area contributed by atoms with Crippen molar-refractivity contribution in [1.29, 1.82) is 0 Å².